The van der Waals surface area contributed by atoms with Gasteiger partial charge in [-0.2, -0.15) is 18.2 Å². The molecule has 3 aromatic rings. The lowest BCUT2D eigenvalue weighted by Crippen LogP contribution is -2.49. The molecular formula is C23H22F4N4O2. The molecule has 6 nitrogen and oxygen atoms in total. The third-order valence-electron chi connectivity index (χ3n) is 5.84. The van der Waals surface area contributed by atoms with Gasteiger partial charge in [0.05, 0.1) is 11.6 Å². The predicted molar refractivity (Wildman–Crippen MR) is 112 cm³/mol. The summed E-state index contributed by atoms with van der Waals surface area (Å²) in [6.45, 7) is 5.46. The summed E-state index contributed by atoms with van der Waals surface area (Å²) in [5.41, 5.74) is 0.480. The van der Waals surface area contributed by atoms with Gasteiger partial charge in [0.1, 0.15) is 5.82 Å². The van der Waals surface area contributed by atoms with E-state index in [1.165, 1.54) is 18.2 Å². The molecule has 10 heteroatoms. The van der Waals surface area contributed by atoms with Crippen LogP contribution in [-0.4, -0.2) is 52.0 Å². The molecule has 2 aromatic carbocycles. The van der Waals surface area contributed by atoms with Crippen molar-refractivity contribution in [3.05, 3.63) is 70.9 Å². The van der Waals surface area contributed by atoms with Crippen molar-refractivity contribution in [1.29, 1.82) is 0 Å². The minimum atomic E-state index is -4.44. The molecule has 33 heavy (non-hydrogen) atoms. The Kier molecular flexibility index (Phi) is 6.20. The molecule has 0 saturated carbocycles. The number of hydrogen-bond acceptors (Lipinski definition) is 5. The highest BCUT2D eigenvalue weighted by molar-refractivity contribution is 5.94. The molecule has 174 valence electrons. The highest BCUT2D eigenvalue weighted by atomic mass is 19.4. The van der Waals surface area contributed by atoms with Gasteiger partial charge in [0.2, 0.25) is 11.7 Å². The van der Waals surface area contributed by atoms with Crippen LogP contribution in [0.2, 0.25) is 0 Å². The third-order valence-corrected chi connectivity index (χ3v) is 5.84. The van der Waals surface area contributed by atoms with Gasteiger partial charge in [-0.3, -0.25) is 9.69 Å². The molecule has 0 radical (unpaired) electrons. The fourth-order valence-electron chi connectivity index (χ4n) is 3.71. The third kappa shape index (κ3) is 4.90. The minimum Gasteiger partial charge on any atom is -0.337 e. The van der Waals surface area contributed by atoms with Gasteiger partial charge in [0.25, 0.3) is 5.91 Å². The number of aryl methyl sites for hydroxylation is 1. The van der Waals surface area contributed by atoms with E-state index < -0.39 is 11.7 Å². The highest BCUT2D eigenvalue weighted by Gasteiger charge is 2.31. The second kappa shape index (κ2) is 8.93. The van der Waals surface area contributed by atoms with Crippen molar-refractivity contribution in [1.82, 2.24) is 19.9 Å². The maximum atomic E-state index is 13.8. The molecule has 1 atom stereocenters. The van der Waals surface area contributed by atoms with Crippen LogP contribution in [0.25, 0.3) is 11.4 Å². The number of alkyl halides is 3. The Balaban J connectivity index is 1.37. The zero-order valence-corrected chi connectivity index (χ0v) is 18.1. The van der Waals surface area contributed by atoms with Gasteiger partial charge >= 0.3 is 6.18 Å². The van der Waals surface area contributed by atoms with Gasteiger partial charge in [0, 0.05) is 37.3 Å². The molecule has 1 saturated heterocycles. The summed E-state index contributed by atoms with van der Waals surface area (Å²) in [5.74, 6) is 0.0265. The Morgan fingerprint density at radius 2 is 1.73 bits per heavy atom. The molecule has 1 amide bonds. The zero-order chi connectivity index (χ0) is 23.8. The van der Waals surface area contributed by atoms with Crippen LogP contribution in [0.15, 0.2) is 47.0 Å². The van der Waals surface area contributed by atoms with E-state index in [4.69, 9.17) is 4.52 Å². The monoisotopic (exact) mass is 462 g/mol. The normalized spacial score (nSPS) is 16.1. The Bertz CT molecular complexity index is 1140. The van der Waals surface area contributed by atoms with E-state index in [1.807, 2.05) is 6.92 Å². The number of halogens is 4. The first-order chi connectivity index (χ1) is 15.6. The van der Waals surface area contributed by atoms with Crippen molar-refractivity contribution in [3.8, 4) is 11.4 Å². The molecular weight excluding hydrogens is 440 g/mol. The van der Waals surface area contributed by atoms with Gasteiger partial charge in [-0.1, -0.05) is 17.3 Å². The number of piperazine rings is 1. The van der Waals surface area contributed by atoms with E-state index in [9.17, 15) is 22.4 Å². The van der Waals surface area contributed by atoms with Crippen LogP contribution in [0.1, 0.15) is 40.3 Å². The molecule has 2 heterocycles. The number of rotatable bonds is 4. The average Bonchev–Trinajstić information content (AvgIpc) is 3.30. The largest absolute Gasteiger partial charge is 0.416 e. The van der Waals surface area contributed by atoms with Gasteiger partial charge in [-0.15, -0.1) is 0 Å². The van der Waals surface area contributed by atoms with Crippen molar-refractivity contribution in [2.75, 3.05) is 26.2 Å². The van der Waals surface area contributed by atoms with Crippen molar-refractivity contribution >= 4 is 5.91 Å². The molecule has 1 unspecified atom stereocenters. The molecule has 1 aromatic heterocycles. The van der Waals surface area contributed by atoms with Crippen LogP contribution < -0.4 is 0 Å². The van der Waals surface area contributed by atoms with Gasteiger partial charge < -0.3 is 9.42 Å². The van der Waals surface area contributed by atoms with Crippen LogP contribution in [0.5, 0.6) is 0 Å². The summed E-state index contributed by atoms with van der Waals surface area (Å²) in [6, 6.07) is 8.75. The molecule has 1 aliphatic rings. The molecule has 1 aliphatic heterocycles. The van der Waals surface area contributed by atoms with Crippen molar-refractivity contribution in [3.63, 3.8) is 0 Å². The van der Waals surface area contributed by atoms with E-state index in [2.05, 4.69) is 15.0 Å². The van der Waals surface area contributed by atoms with Crippen LogP contribution >= 0.6 is 0 Å². The summed E-state index contributed by atoms with van der Waals surface area (Å²) >= 11 is 0. The van der Waals surface area contributed by atoms with E-state index in [-0.39, 0.29) is 23.3 Å². The molecule has 1 fully saturated rings. The van der Waals surface area contributed by atoms with Crippen molar-refractivity contribution in [2.24, 2.45) is 0 Å². The van der Waals surface area contributed by atoms with E-state index in [0.717, 1.165) is 12.1 Å². The standard InChI is InChI=1S/C23H22F4N4O2/c1-14-3-4-17(13-19(14)24)20-28-21(33-29-20)15(2)30-9-11-31(12-10-30)22(32)16-5-7-18(8-6-16)23(25,26)27/h3-8,13,15H,9-12H2,1-2H3. The second-order valence-electron chi connectivity index (χ2n) is 8.00. The lowest BCUT2D eigenvalue weighted by molar-refractivity contribution is -0.137. The number of aromatic nitrogens is 2. The van der Waals surface area contributed by atoms with Crippen molar-refractivity contribution < 1.29 is 26.9 Å². The number of carbonyl (C=O) groups is 1. The predicted octanol–water partition coefficient (Wildman–Crippen LogP) is 4.72. The lowest BCUT2D eigenvalue weighted by Gasteiger charge is -2.36. The first-order valence-electron chi connectivity index (χ1n) is 10.4. The Morgan fingerprint density at radius 3 is 2.33 bits per heavy atom. The molecule has 0 spiro atoms. The SMILES string of the molecule is Cc1ccc(-c2noc(C(C)N3CCN(C(=O)c4ccc(C(F)(F)F)cc4)CC3)n2)cc1F. The highest BCUT2D eigenvalue weighted by Crippen LogP contribution is 2.29. The van der Waals surface area contributed by atoms with Crippen molar-refractivity contribution in [2.45, 2.75) is 26.1 Å². The fraction of sp³-hybridized carbons (Fsp3) is 0.348. The number of carbonyl (C=O) groups excluding carboxylic acids is 1. The summed E-state index contributed by atoms with van der Waals surface area (Å²) in [7, 11) is 0. The maximum absolute atomic E-state index is 13.8. The summed E-state index contributed by atoms with van der Waals surface area (Å²) < 4.78 is 57.4. The van der Waals surface area contributed by atoms with E-state index in [0.29, 0.717) is 49.0 Å². The van der Waals surface area contributed by atoms with Gasteiger partial charge in [-0.25, -0.2) is 4.39 Å². The smallest absolute Gasteiger partial charge is 0.337 e. The minimum absolute atomic E-state index is 0.218. The second-order valence-corrected chi connectivity index (χ2v) is 8.00. The Hall–Kier alpha value is -3.27. The number of amides is 1. The van der Waals surface area contributed by atoms with Gasteiger partial charge in [0.15, 0.2) is 0 Å². The van der Waals surface area contributed by atoms with E-state index in [1.54, 1.807) is 24.0 Å². The lowest BCUT2D eigenvalue weighted by atomic mass is 10.1. The topological polar surface area (TPSA) is 62.5 Å². The first kappa shape index (κ1) is 22.9. The number of benzene rings is 2. The van der Waals surface area contributed by atoms with Gasteiger partial charge in [-0.05, 0) is 49.7 Å². The summed E-state index contributed by atoms with van der Waals surface area (Å²) in [5, 5.41) is 3.96. The maximum Gasteiger partial charge on any atom is 0.416 e. The van der Waals surface area contributed by atoms with Crippen LogP contribution in [0.4, 0.5) is 17.6 Å². The molecule has 0 N–H and O–H groups in total. The fourth-order valence-corrected chi connectivity index (χ4v) is 3.71. The average molecular weight is 462 g/mol. The first-order valence-corrected chi connectivity index (χ1v) is 10.4. The molecule has 4 rings (SSSR count). The summed E-state index contributed by atoms with van der Waals surface area (Å²) in [6.07, 6.45) is -4.44. The van der Waals surface area contributed by atoms with Crippen LogP contribution in [0.3, 0.4) is 0 Å². The molecule has 0 bridgehead atoms. The van der Waals surface area contributed by atoms with Crippen LogP contribution in [-0.2, 0) is 6.18 Å². The Morgan fingerprint density at radius 1 is 1.06 bits per heavy atom. The molecule has 0 aliphatic carbocycles. The number of nitrogens with zero attached hydrogens (tertiary/aromatic N) is 4. The zero-order valence-electron chi connectivity index (χ0n) is 18.1. The van der Waals surface area contributed by atoms with E-state index >= 15 is 0 Å². The quantitative estimate of drug-likeness (QED) is 0.525. The number of hydrogen-bond donors (Lipinski definition) is 0. The van der Waals surface area contributed by atoms with Crippen LogP contribution in [0, 0.1) is 12.7 Å². The Labute approximate surface area is 187 Å². The summed E-state index contributed by atoms with van der Waals surface area (Å²) in [4.78, 5) is 20.8.